The zero-order valence-corrected chi connectivity index (χ0v) is 13.0. The highest BCUT2D eigenvalue weighted by Crippen LogP contribution is 2.12. The smallest absolute Gasteiger partial charge is 0.338 e. The van der Waals surface area contributed by atoms with Gasteiger partial charge < -0.3 is 10.1 Å². The second kappa shape index (κ2) is 6.89. The molecule has 0 aliphatic carbocycles. The molecule has 0 unspecified atom stereocenters. The van der Waals surface area contributed by atoms with Crippen LogP contribution in [0.5, 0.6) is 0 Å². The van der Waals surface area contributed by atoms with Crippen LogP contribution in [0.15, 0.2) is 42.5 Å². The van der Waals surface area contributed by atoms with Gasteiger partial charge in [-0.1, -0.05) is 29.8 Å². The first kappa shape index (κ1) is 15.8. The number of amides is 1. The number of benzene rings is 2. The lowest BCUT2D eigenvalue weighted by atomic mass is 10.1. The van der Waals surface area contributed by atoms with E-state index in [1.807, 2.05) is 51.1 Å². The van der Waals surface area contributed by atoms with Crippen molar-refractivity contribution in [2.45, 2.75) is 20.8 Å². The van der Waals surface area contributed by atoms with E-state index >= 15 is 0 Å². The van der Waals surface area contributed by atoms with Crippen LogP contribution in [0.25, 0.3) is 0 Å². The zero-order valence-electron chi connectivity index (χ0n) is 13.0. The summed E-state index contributed by atoms with van der Waals surface area (Å²) >= 11 is 0. The maximum absolute atomic E-state index is 12.0. The summed E-state index contributed by atoms with van der Waals surface area (Å²) < 4.78 is 5.06. The molecule has 0 saturated heterocycles. The van der Waals surface area contributed by atoms with Gasteiger partial charge in [-0.05, 0) is 50.1 Å². The number of esters is 1. The standard InChI is InChI=1S/C18H19NO3/c1-12-5-4-6-15(10-12)19-17(20)11-22-18(21)16-8-7-13(2)9-14(16)3/h4-10H,11H2,1-3H3,(H,19,20). The van der Waals surface area contributed by atoms with Crippen molar-refractivity contribution in [3.63, 3.8) is 0 Å². The second-order valence-corrected chi connectivity index (χ2v) is 5.31. The monoisotopic (exact) mass is 297 g/mol. The number of nitrogens with one attached hydrogen (secondary N) is 1. The van der Waals surface area contributed by atoms with Gasteiger partial charge in [0, 0.05) is 5.69 Å². The van der Waals surface area contributed by atoms with Crippen molar-refractivity contribution in [2.24, 2.45) is 0 Å². The first-order chi connectivity index (χ1) is 10.5. The van der Waals surface area contributed by atoms with Crippen molar-refractivity contribution < 1.29 is 14.3 Å². The third-order valence-electron chi connectivity index (χ3n) is 3.24. The van der Waals surface area contributed by atoms with Crippen LogP contribution < -0.4 is 5.32 Å². The van der Waals surface area contributed by atoms with Crippen molar-refractivity contribution in [2.75, 3.05) is 11.9 Å². The predicted molar refractivity (Wildman–Crippen MR) is 86.0 cm³/mol. The lowest BCUT2D eigenvalue weighted by Gasteiger charge is -2.09. The van der Waals surface area contributed by atoms with Gasteiger partial charge in [-0.15, -0.1) is 0 Å². The van der Waals surface area contributed by atoms with Crippen molar-refractivity contribution >= 4 is 17.6 Å². The van der Waals surface area contributed by atoms with Crippen LogP contribution in [-0.4, -0.2) is 18.5 Å². The topological polar surface area (TPSA) is 55.4 Å². The van der Waals surface area contributed by atoms with Crippen LogP contribution in [0.2, 0.25) is 0 Å². The predicted octanol–water partition coefficient (Wildman–Crippen LogP) is 3.41. The van der Waals surface area contributed by atoms with E-state index < -0.39 is 5.97 Å². The SMILES string of the molecule is Cc1cccc(NC(=O)COC(=O)c2ccc(C)cc2C)c1. The lowest BCUT2D eigenvalue weighted by molar-refractivity contribution is -0.119. The molecule has 2 rings (SSSR count). The minimum Gasteiger partial charge on any atom is -0.452 e. The van der Waals surface area contributed by atoms with Gasteiger partial charge in [0.2, 0.25) is 0 Å². The van der Waals surface area contributed by atoms with Gasteiger partial charge in [0.05, 0.1) is 5.56 Å². The fraction of sp³-hybridized carbons (Fsp3) is 0.222. The van der Waals surface area contributed by atoms with Gasteiger partial charge in [0.25, 0.3) is 5.91 Å². The Bertz CT molecular complexity index is 707. The highest BCUT2D eigenvalue weighted by atomic mass is 16.5. The average Bonchev–Trinajstić information content (AvgIpc) is 2.45. The zero-order chi connectivity index (χ0) is 16.1. The molecule has 0 atom stereocenters. The molecule has 0 aromatic heterocycles. The number of aryl methyl sites for hydroxylation is 3. The molecule has 4 nitrogen and oxygen atoms in total. The molecule has 0 fully saturated rings. The minimum absolute atomic E-state index is 0.305. The van der Waals surface area contributed by atoms with Gasteiger partial charge in [-0.3, -0.25) is 4.79 Å². The molecule has 2 aromatic carbocycles. The third kappa shape index (κ3) is 4.19. The molecular weight excluding hydrogens is 278 g/mol. The summed E-state index contributed by atoms with van der Waals surface area (Å²) in [7, 11) is 0. The molecule has 22 heavy (non-hydrogen) atoms. The van der Waals surface area contributed by atoms with Crippen molar-refractivity contribution in [3.05, 3.63) is 64.7 Å². The molecule has 114 valence electrons. The molecule has 1 N–H and O–H groups in total. The van der Waals surface area contributed by atoms with E-state index in [4.69, 9.17) is 4.74 Å². The van der Waals surface area contributed by atoms with Crippen molar-refractivity contribution in [3.8, 4) is 0 Å². The molecule has 4 heteroatoms. The van der Waals surface area contributed by atoms with E-state index in [0.29, 0.717) is 11.3 Å². The van der Waals surface area contributed by atoms with Crippen LogP contribution in [0.3, 0.4) is 0 Å². The van der Waals surface area contributed by atoms with Crippen molar-refractivity contribution in [1.29, 1.82) is 0 Å². The molecule has 0 spiro atoms. The third-order valence-corrected chi connectivity index (χ3v) is 3.24. The van der Waals surface area contributed by atoms with Crippen molar-refractivity contribution in [1.82, 2.24) is 0 Å². The van der Waals surface area contributed by atoms with E-state index in [1.165, 1.54) is 0 Å². The Morgan fingerprint density at radius 3 is 2.41 bits per heavy atom. The summed E-state index contributed by atoms with van der Waals surface area (Å²) in [4.78, 5) is 23.8. The second-order valence-electron chi connectivity index (χ2n) is 5.31. The number of hydrogen-bond donors (Lipinski definition) is 1. The normalized spacial score (nSPS) is 10.1. The maximum Gasteiger partial charge on any atom is 0.338 e. The molecule has 0 aliphatic rings. The minimum atomic E-state index is -0.489. The number of rotatable bonds is 4. The molecule has 2 aromatic rings. The van der Waals surface area contributed by atoms with Crippen LogP contribution in [0, 0.1) is 20.8 Å². The largest absolute Gasteiger partial charge is 0.452 e. The Morgan fingerprint density at radius 2 is 1.73 bits per heavy atom. The molecule has 1 amide bonds. The fourth-order valence-electron chi connectivity index (χ4n) is 2.17. The van der Waals surface area contributed by atoms with Gasteiger partial charge >= 0.3 is 5.97 Å². The van der Waals surface area contributed by atoms with Gasteiger partial charge in [0.15, 0.2) is 6.61 Å². The van der Waals surface area contributed by atoms with Gasteiger partial charge in [-0.2, -0.15) is 0 Å². The summed E-state index contributed by atoms with van der Waals surface area (Å²) in [6.07, 6.45) is 0. The molecule has 0 heterocycles. The fourth-order valence-corrected chi connectivity index (χ4v) is 2.17. The number of ether oxygens (including phenoxy) is 1. The number of hydrogen-bond acceptors (Lipinski definition) is 3. The first-order valence-electron chi connectivity index (χ1n) is 7.06. The van der Waals surface area contributed by atoms with Gasteiger partial charge in [-0.25, -0.2) is 4.79 Å². The summed E-state index contributed by atoms with van der Waals surface area (Å²) in [5.74, 6) is -0.847. The average molecular weight is 297 g/mol. The Hall–Kier alpha value is -2.62. The summed E-state index contributed by atoms with van der Waals surface area (Å²) in [6.45, 7) is 5.43. The van der Waals surface area contributed by atoms with E-state index in [-0.39, 0.29) is 12.5 Å². The van der Waals surface area contributed by atoms with Crippen LogP contribution in [-0.2, 0) is 9.53 Å². The van der Waals surface area contributed by atoms with Gasteiger partial charge in [0.1, 0.15) is 0 Å². The molecular formula is C18H19NO3. The first-order valence-corrected chi connectivity index (χ1v) is 7.06. The molecule has 0 saturated carbocycles. The number of anilines is 1. The Morgan fingerprint density at radius 1 is 1.00 bits per heavy atom. The summed E-state index contributed by atoms with van der Waals surface area (Å²) in [5.41, 5.74) is 4.13. The van der Waals surface area contributed by atoms with E-state index in [0.717, 1.165) is 16.7 Å². The Kier molecular flexibility index (Phi) is 4.94. The van der Waals surface area contributed by atoms with Crippen LogP contribution in [0.1, 0.15) is 27.0 Å². The lowest BCUT2D eigenvalue weighted by Crippen LogP contribution is -2.21. The molecule has 0 radical (unpaired) electrons. The van der Waals surface area contributed by atoms with E-state index in [1.54, 1.807) is 12.1 Å². The Labute approximate surface area is 130 Å². The Balaban J connectivity index is 1.92. The van der Waals surface area contributed by atoms with Crippen LogP contribution >= 0.6 is 0 Å². The maximum atomic E-state index is 12.0. The summed E-state index contributed by atoms with van der Waals surface area (Å²) in [5, 5.41) is 2.70. The quantitative estimate of drug-likeness (QED) is 0.880. The highest BCUT2D eigenvalue weighted by molar-refractivity contribution is 5.96. The summed E-state index contributed by atoms with van der Waals surface area (Å²) in [6, 6.07) is 12.9. The highest BCUT2D eigenvalue weighted by Gasteiger charge is 2.12. The number of carbonyl (C=O) groups is 2. The molecule has 0 aliphatic heterocycles. The van der Waals surface area contributed by atoms with E-state index in [9.17, 15) is 9.59 Å². The van der Waals surface area contributed by atoms with E-state index in [2.05, 4.69) is 5.32 Å². The number of carbonyl (C=O) groups excluding carboxylic acids is 2. The molecule has 0 bridgehead atoms. The van der Waals surface area contributed by atoms with Crippen LogP contribution in [0.4, 0.5) is 5.69 Å².